The lowest BCUT2D eigenvalue weighted by Crippen LogP contribution is -2.55. The summed E-state index contributed by atoms with van der Waals surface area (Å²) in [6.45, 7) is 7.30. The lowest BCUT2D eigenvalue weighted by atomic mass is 9.48. The summed E-state index contributed by atoms with van der Waals surface area (Å²) in [7, 11) is -2.21. The molecule has 1 atom stereocenters. The summed E-state index contributed by atoms with van der Waals surface area (Å²) in [6.07, 6.45) is 9.27. The molecule has 0 aromatic heterocycles. The minimum absolute atomic E-state index is 0.154. The van der Waals surface area contributed by atoms with Crippen LogP contribution in [0.1, 0.15) is 83.8 Å². The van der Waals surface area contributed by atoms with Gasteiger partial charge in [0.1, 0.15) is 18.3 Å². The molecule has 0 heterocycles. The van der Waals surface area contributed by atoms with E-state index in [1.165, 1.54) is 53.3 Å². The maximum Gasteiger partial charge on any atom is 0.244 e. The van der Waals surface area contributed by atoms with E-state index in [-0.39, 0.29) is 17.9 Å². The number of sulfonamides is 1. The van der Waals surface area contributed by atoms with Gasteiger partial charge in [0.25, 0.3) is 0 Å². The van der Waals surface area contributed by atoms with E-state index in [2.05, 4.69) is 17.4 Å². The van der Waals surface area contributed by atoms with Crippen molar-refractivity contribution in [2.45, 2.75) is 96.2 Å². The fraction of sp³-hybridized carbons (Fsp3) is 0.600. The normalized spacial score (nSPS) is 24.9. The highest BCUT2D eigenvalue weighted by Gasteiger charge is 2.51. The number of carbonyl (C=O) groups is 2. The third-order valence-electron chi connectivity index (χ3n) is 9.88. The highest BCUT2D eigenvalue weighted by Crippen LogP contribution is 2.60. The van der Waals surface area contributed by atoms with Crippen molar-refractivity contribution in [3.63, 3.8) is 0 Å². The third-order valence-corrected chi connectivity index (χ3v) is 11.0. The van der Waals surface area contributed by atoms with Crippen LogP contribution in [-0.4, -0.2) is 56.6 Å². The Morgan fingerprint density at radius 3 is 1.95 bits per heavy atom. The van der Waals surface area contributed by atoms with Crippen LogP contribution in [0.4, 0.5) is 5.69 Å². The van der Waals surface area contributed by atoms with Crippen LogP contribution < -0.4 is 14.4 Å². The molecule has 9 heteroatoms. The van der Waals surface area contributed by atoms with Crippen LogP contribution in [0.3, 0.4) is 0 Å². The Morgan fingerprint density at radius 1 is 0.955 bits per heavy atom. The van der Waals surface area contributed by atoms with Gasteiger partial charge in [0.15, 0.2) is 0 Å². The number of nitrogens with one attached hydrogen (secondary N) is 1. The average molecular weight is 624 g/mol. The van der Waals surface area contributed by atoms with Gasteiger partial charge >= 0.3 is 0 Å². The molecule has 1 N–H and O–H groups in total. The van der Waals surface area contributed by atoms with E-state index < -0.39 is 34.1 Å². The molecule has 0 radical (unpaired) electrons. The van der Waals surface area contributed by atoms with Gasteiger partial charge in [-0.05, 0) is 124 Å². The number of methoxy groups -OCH3 is 1. The number of hydrogen-bond acceptors (Lipinski definition) is 5. The Kier molecular flexibility index (Phi) is 9.09. The number of hydrogen-bond donors (Lipinski definition) is 1. The average Bonchev–Trinajstić information content (AvgIpc) is 2.94. The minimum Gasteiger partial charge on any atom is -0.497 e. The van der Waals surface area contributed by atoms with Gasteiger partial charge in [-0.3, -0.25) is 13.9 Å². The molecule has 8 nitrogen and oxygen atoms in total. The van der Waals surface area contributed by atoms with Gasteiger partial charge in [-0.15, -0.1) is 0 Å². The Balaban J connectivity index is 1.41. The predicted molar refractivity (Wildman–Crippen MR) is 174 cm³/mol. The second-order valence-electron chi connectivity index (χ2n) is 14.5. The Bertz CT molecular complexity index is 1410. The maximum absolute atomic E-state index is 14.1. The van der Waals surface area contributed by atoms with Crippen LogP contribution in [-0.2, 0) is 31.6 Å². The number of benzene rings is 2. The smallest absolute Gasteiger partial charge is 0.244 e. The van der Waals surface area contributed by atoms with Crippen molar-refractivity contribution in [1.29, 1.82) is 0 Å². The van der Waals surface area contributed by atoms with Crippen molar-refractivity contribution >= 4 is 27.5 Å². The Hall–Kier alpha value is -3.07. The van der Waals surface area contributed by atoms with Crippen molar-refractivity contribution in [3.05, 3.63) is 59.7 Å². The molecule has 4 bridgehead atoms. The van der Waals surface area contributed by atoms with E-state index in [1.54, 1.807) is 7.11 Å². The molecule has 2 aromatic carbocycles. The number of nitrogens with zero attached hydrogens (tertiary/aromatic N) is 2. The molecule has 4 saturated carbocycles. The molecule has 0 saturated heterocycles. The van der Waals surface area contributed by atoms with Crippen molar-refractivity contribution in [2.24, 2.45) is 17.8 Å². The number of ether oxygens (including phenoxy) is 1. The van der Waals surface area contributed by atoms with E-state index in [4.69, 9.17) is 4.74 Å². The maximum atomic E-state index is 14.1. The summed E-state index contributed by atoms with van der Waals surface area (Å²) in [6, 6.07) is 14.4. The largest absolute Gasteiger partial charge is 0.497 e. The zero-order valence-electron chi connectivity index (χ0n) is 27.1. The molecule has 0 spiro atoms. The molecular weight excluding hydrogens is 574 g/mol. The van der Waals surface area contributed by atoms with Crippen molar-refractivity contribution in [2.75, 3.05) is 24.2 Å². The van der Waals surface area contributed by atoms with Gasteiger partial charge in [0.05, 0.1) is 19.1 Å². The molecule has 44 heavy (non-hydrogen) atoms. The number of anilines is 1. The van der Waals surface area contributed by atoms with Crippen LogP contribution in [0.5, 0.6) is 5.75 Å². The molecule has 0 unspecified atom stereocenters. The SMILES string of the molecule is CC[C@@H](C(=O)NC(C)(C)C)N(Cc1ccc(OC)cc1)C(=O)CN(c1ccc(C23CC4CC(CC(C4)C2)C3)cc1)S(C)(=O)=O. The zero-order chi connectivity index (χ0) is 31.9. The highest BCUT2D eigenvalue weighted by molar-refractivity contribution is 7.92. The van der Waals surface area contributed by atoms with Crippen molar-refractivity contribution in [3.8, 4) is 5.75 Å². The predicted octanol–water partition coefficient (Wildman–Crippen LogP) is 5.65. The summed E-state index contributed by atoms with van der Waals surface area (Å²) >= 11 is 0. The molecular formula is C35H49N3O5S. The zero-order valence-corrected chi connectivity index (χ0v) is 28.0. The quantitative estimate of drug-likeness (QED) is 0.349. The third kappa shape index (κ3) is 7.08. The van der Waals surface area contributed by atoms with E-state index in [0.717, 1.165) is 29.6 Å². The summed E-state index contributed by atoms with van der Waals surface area (Å²) in [5, 5.41) is 3.00. The first-order valence-corrected chi connectivity index (χ1v) is 17.9. The Labute approximate surface area is 263 Å². The molecule has 4 aliphatic rings. The van der Waals surface area contributed by atoms with Gasteiger partial charge in [-0.1, -0.05) is 31.2 Å². The van der Waals surface area contributed by atoms with Crippen LogP contribution in [0.25, 0.3) is 0 Å². The van der Waals surface area contributed by atoms with Crippen molar-refractivity contribution < 1.29 is 22.7 Å². The van der Waals surface area contributed by atoms with Crippen LogP contribution in [0.2, 0.25) is 0 Å². The van der Waals surface area contributed by atoms with Gasteiger partial charge in [0.2, 0.25) is 21.8 Å². The summed E-state index contributed by atoms with van der Waals surface area (Å²) in [5.41, 5.74) is 2.28. The fourth-order valence-corrected chi connectivity index (χ4v) is 9.21. The first kappa shape index (κ1) is 32.3. The molecule has 240 valence electrons. The summed E-state index contributed by atoms with van der Waals surface area (Å²) in [5.74, 6) is 2.41. The second-order valence-corrected chi connectivity index (χ2v) is 16.5. The first-order valence-electron chi connectivity index (χ1n) is 16.0. The van der Waals surface area contributed by atoms with E-state index in [9.17, 15) is 18.0 Å². The number of amides is 2. The Morgan fingerprint density at radius 2 is 1.50 bits per heavy atom. The molecule has 2 amide bonds. The topological polar surface area (TPSA) is 96.0 Å². The van der Waals surface area contributed by atoms with E-state index in [1.807, 2.05) is 64.1 Å². The van der Waals surface area contributed by atoms with Crippen LogP contribution in [0, 0.1) is 17.8 Å². The molecule has 4 aliphatic carbocycles. The fourth-order valence-electron chi connectivity index (χ4n) is 8.36. The monoisotopic (exact) mass is 623 g/mol. The standard InChI is InChI=1S/C35H49N3O5S/c1-7-31(33(40)36-34(2,3)4)37(22-24-8-14-30(43-5)15-9-24)32(39)23-38(44(6,41)42)29-12-10-28(11-13-29)35-19-25-16-26(20-35)18-27(17-25)21-35/h8-15,25-27,31H,7,16-23H2,1-6H3,(H,36,40)/t25?,26?,27?,31-,35?/m0/s1. The summed E-state index contributed by atoms with van der Waals surface area (Å²) < 4.78 is 32.8. The summed E-state index contributed by atoms with van der Waals surface area (Å²) in [4.78, 5) is 29.0. The van der Waals surface area contributed by atoms with E-state index in [0.29, 0.717) is 17.9 Å². The van der Waals surface area contributed by atoms with Gasteiger partial charge < -0.3 is 15.0 Å². The second kappa shape index (κ2) is 12.4. The number of rotatable bonds is 11. The van der Waals surface area contributed by atoms with Crippen LogP contribution in [0.15, 0.2) is 48.5 Å². The highest BCUT2D eigenvalue weighted by atomic mass is 32.2. The lowest BCUT2D eigenvalue weighted by Gasteiger charge is -2.57. The van der Waals surface area contributed by atoms with Crippen LogP contribution >= 0.6 is 0 Å². The van der Waals surface area contributed by atoms with Crippen molar-refractivity contribution in [1.82, 2.24) is 10.2 Å². The number of carbonyl (C=O) groups excluding carboxylic acids is 2. The molecule has 0 aliphatic heterocycles. The van der Waals surface area contributed by atoms with E-state index >= 15 is 0 Å². The lowest BCUT2D eigenvalue weighted by molar-refractivity contribution is -0.141. The minimum atomic E-state index is -3.80. The van der Waals surface area contributed by atoms with Gasteiger partial charge in [-0.25, -0.2) is 8.42 Å². The molecule has 2 aromatic rings. The first-order chi connectivity index (χ1) is 20.7. The molecule has 6 rings (SSSR count). The molecule has 4 fully saturated rings. The van der Waals surface area contributed by atoms with Gasteiger partial charge in [0, 0.05) is 12.1 Å². The van der Waals surface area contributed by atoms with Gasteiger partial charge in [-0.2, -0.15) is 0 Å².